The first-order valence-corrected chi connectivity index (χ1v) is 6.41. The third-order valence-electron chi connectivity index (χ3n) is 2.17. The standard InChI is InChI=1S/C8H20N2O2S/c1-5-8(2)10(3)7-6-9-13(4,11)12/h8-9H,5-7H2,1-4H3/t8-/m1/s1. The van der Waals surface area contributed by atoms with Gasteiger partial charge in [0.25, 0.3) is 0 Å². The summed E-state index contributed by atoms with van der Waals surface area (Å²) in [7, 11) is -1.03. The van der Waals surface area contributed by atoms with Crippen molar-refractivity contribution in [1.29, 1.82) is 0 Å². The summed E-state index contributed by atoms with van der Waals surface area (Å²) in [5.41, 5.74) is 0. The minimum Gasteiger partial charge on any atom is -0.302 e. The monoisotopic (exact) mass is 208 g/mol. The summed E-state index contributed by atoms with van der Waals surface area (Å²) in [6.45, 7) is 5.48. The lowest BCUT2D eigenvalue weighted by Gasteiger charge is -2.23. The van der Waals surface area contributed by atoms with Crippen LogP contribution in [0.3, 0.4) is 0 Å². The van der Waals surface area contributed by atoms with E-state index in [0.29, 0.717) is 12.6 Å². The quantitative estimate of drug-likeness (QED) is 0.681. The van der Waals surface area contributed by atoms with Gasteiger partial charge in [-0.2, -0.15) is 0 Å². The Morgan fingerprint density at radius 1 is 1.46 bits per heavy atom. The van der Waals surface area contributed by atoms with Crippen molar-refractivity contribution in [3.63, 3.8) is 0 Å². The van der Waals surface area contributed by atoms with Crippen LogP contribution in [-0.2, 0) is 10.0 Å². The Hall–Kier alpha value is -0.130. The maximum Gasteiger partial charge on any atom is 0.208 e. The first-order chi connectivity index (χ1) is 5.87. The second-order valence-electron chi connectivity index (χ2n) is 3.40. The number of rotatable bonds is 6. The minimum absolute atomic E-state index is 0.486. The van der Waals surface area contributed by atoms with Gasteiger partial charge in [-0.15, -0.1) is 0 Å². The van der Waals surface area contributed by atoms with E-state index in [0.717, 1.165) is 13.0 Å². The van der Waals surface area contributed by atoms with Crippen molar-refractivity contribution in [2.75, 3.05) is 26.4 Å². The van der Waals surface area contributed by atoms with Gasteiger partial charge >= 0.3 is 0 Å². The zero-order valence-electron chi connectivity index (χ0n) is 8.87. The minimum atomic E-state index is -3.03. The number of likely N-dealkylation sites (N-methyl/N-ethyl adjacent to an activating group) is 1. The normalized spacial score (nSPS) is 14.8. The van der Waals surface area contributed by atoms with Gasteiger partial charge < -0.3 is 4.90 Å². The highest BCUT2D eigenvalue weighted by molar-refractivity contribution is 7.88. The van der Waals surface area contributed by atoms with Crippen LogP contribution in [0.15, 0.2) is 0 Å². The van der Waals surface area contributed by atoms with E-state index >= 15 is 0 Å². The summed E-state index contributed by atoms with van der Waals surface area (Å²) in [6.07, 6.45) is 2.26. The van der Waals surface area contributed by atoms with E-state index < -0.39 is 10.0 Å². The molecule has 0 rings (SSSR count). The molecule has 0 saturated carbocycles. The van der Waals surface area contributed by atoms with Crippen LogP contribution in [0.1, 0.15) is 20.3 Å². The number of nitrogens with one attached hydrogen (secondary N) is 1. The van der Waals surface area contributed by atoms with Crippen molar-refractivity contribution < 1.29 is 8.42 Å². The second-order valence-corrected chi connectivity index (χ2v) is 5.24. The van der Waals surface area contributed by atoms with Crippen molar-refractivity contribution >= 4 is 10.0 Å². The van der Waals surface area contributed by atoms with E-state index in [2.05, 4.69) is 23.5 Å². The SMILES string of the molecule is CC[C@@H](C)N(C)CCNS(C)(=O)=O. The van der Waals surface area contributed by atoms with E-state index in [1.165, 1.54) is 6.26 Å². The van der Waals surface area contributed by atoms with Gasteiger partial charge in [-0.1, -0.05) is 6.92 Å². The first-order valence-electron chi connectivity index (χ1n) is 4.51. The zero-order chi connectivity index (χ0) is 10.5. The molecule has 0 unspecified atom stereocenters. The zero-order valence-corrected chi connectivity index (χ0v) is 9.69. The lowest BCUT2D eigenvalue weighted by Crippen LogP contribution is -2.36. The molecular weight excluding hydrogens is 188 g/mol. The molecule has 0 spiro atoms. The van der Waals surface area contributed by atoms with Crippen LogP contribution in [0.4, 0.5) is 0 Å². The Balaban J connectivity index is 3.65. The van der Waals surface area contributed by atoms with Gasteiger partial charge in [0.2, 0.25) is 10.0 Å². The molecule has 0 fully saturated rings. The Bertz CT molecular complexity index is 226. The van der Waals surface area contributed by atoms with Crippen LogP contribution >= 0.6 is 0 Å². The Morgan fingerprint density at radius 2 is 2.00 bits per heavy atom. The fourth-order valence-corrected chi connectivity index (χ4v) is 1.40. The van der Waals surface area contributed by atoms with Gasteiger partial charge in [-0.3, -0.25) is 0 Å². The largest absolute Gasteiger partial charge is 0.302 e. The van der Waals surface area contributed by atoms with Crippen LogP contribution in [0.25, 0.3) is 0 Å². The molecule has 0 bridgehead atoms. The number of hydrogen-bond donors (Lipinski definition) is 1. The average molecular weight is 208 g/mol. The van der Waals surface area contributed by atoms with Crippen molar-refractivity contribution in [1.82, 2.24) is 9.62 Å². The fourth-order valence-electron chi connectivity index (χ4n) is 0.939. The predicted molar refractivity (Wildman–Crippen MR) is 55.2 cm³/mol. The molecule has 0 aliphatic rings. The van der Waals surface area contributed by atoms with E-state index in [1.54, 1.807) is 0 Å². The van der Waals surface area contributed by atoms with E-state index in [-0.39, 0.29) is 0 Å². The van der Waals surface area contributed by atoms with Crippen molar-refractivity contribution in [2.45, 2.75) is 26.3 Å². The van der Waals surface area contributed by atoms with Gasteiger partial charge in [0, 0.05) is 19.1 Å². The molecule has 80 valence electrons. The summed E-state index contributed by atoms with van der Waals surface area (Å²) < 4.78 is 23.9. The van der Waals surface area contributed by atoms with E-state index in [9.17, 15) is 8.42 Å². The van der Waals surface area contributed by atoms with Crippen molar-refractivity contribution in [2.24, 2.45) is 0 Å². The third kappa shape index (κ3) is 6.98. The summed E-state index contributed by atoms with van der Waals surface area (Å²) >= 11 is 0. The maximum absolute atomic E-state index is 10.7. The number of nitrogens with zero attached hydrogens (tertiary/aromatic N) is 1. The van der Waals surface area contributed by atoms with Crippen LogP contribution in [0.5, 0.6) is 0 Å². The lowest BCUT2D eigenvalue weighted by molar-refractivity contribution is 0.256. The van der Waals surface area contributed by atoms with Gasteiger partial charge in [-0.25, -0.2) is 13.1 Å². The molecule has 0 aromatic carbocycles. The van der Waals surface area contributed by atoms with Gasteiger partial charge in [0.1, 0.15) is 0 Å². The van der Waals surface area contributed by atoms with Crippen LogP contribution < -0.4 is 4.72 Å². The Kier molecular flexibility index (Phi) is 5.51. The first kappa shape index (κ1) is 12.9. The molecule has 0 aliphatic carbocycles. The number of sulfonamides is 1. The maximum atomic E-state index is 10.7. The van der Waals surface area contributed by atoms with Gasteiger partial charge in [0.05, 0.1) is 6.26 Å². The molecule has 0 aromatic rings. The smallest absolute Gasteiger partial charge is 0.208 e. The van der Waals surface area contributed by atoms with Crippen molar-refractivity contribution in [3.05, 3.63) is 0 Å². The summed E-state index contributed by atoms with van der Waals surface area (Å²) in [6, 6.07) is 0.501. The second kappa shape index (κ2) is 5.57. The molecule has 0 saturated heterocycles. The van der Waals surface area contributed by atoms with Crippen LogP contribution in [-0.4, -0.2) is 45.8 Å². The highest BCUT2D eigenvalue weighted by Crippen LogP contribution is 1.98. The van der Waals surface area contributed by atoms with E-state index in [1.807, 2.05) is 7.05 Å². The molecule has 1 atom stereocenters. The Morgan fingerprint density at radius 3 is 2.38 bits per heavy atom. The van der Waals surface area contributed by atoms with Crippen LogP contribution in [0.2, 0.25) is 0 Å². The average Bonchev–Trinajstić information content (AvgIpc) is 2.00. The number of hydrogen-bond acceptors (Lipinski definition) is 3. The van der Waals surface area contributed by atoms with Gasteiger partial charge in [0.15, 0.2) is 0 Å². The highest BCUT2D eigenvalue weighted by atomic mass is 32.2. The summed E-state index contributed by atoms with van der Waals surface area (Å²) in [5, 5.41) is 0. The summed E-state index contributed by atoms with van der Waals surface area (Å²) in [5.74, 6) is 0. The topological polar surface area (TPSA) is 49.4 Å². The van der Waals surface area contributed by atoms with Gasteiger partial charge in [-0.05, 0) is 20.4 Å². The Labute approximate surface area is 81.4 Å². The highest BCUT2D eigenvalue weighted by Gasteiger charge is 2.06. The molecule has 0 radical (unpaired) electrons. The van der Waals surface area contributed by atoms with Crippen molar-refractivity contribution in [3.8, 4) is 0 Å². The molecule has 1 N–H and O–H groups in total. The predicted octanol–water partition coefficient (Wildman–Crippen LogP) is 0.266. The molecule has 4 nitrogen and oxygen atoms in total. The molecule has 0 aromatic heterocycles. The molecular formula is C8H20N2O2S. The molecule has 0 aliphatic heterocycles. The fraction of sp³-hybridized carbons (Fsp3) is 1.00. The lowest BCUT2D eigenvalue weighted by atomic mass is 10.2. The molecule has 0 amide bonds. The molecule has 5 heteroatoms. The van der Waals surface area contributed by atoms with Crippen LogP contribution in [0, 0.1) is 0 Å². The molecule has 13 heavy (non-hydrogen) atoms. The third-order valence-corrected chi connectivity index (χ3v) is 2.90. The molecule has 0 heterocycles. The van der Waals surface area contributed by atoms with E-state index in [4.69, 9.17) is 0 Å². The summed E-state index contributed by atoms with van der Waals surface area (Å²) in [4.78, 5) is 2.14.